The molecule has 0 spiro atoms. The van der Waals surface area contributed by atoms with Gasteiger partial charge in [0.2, 0.25) is 0 Å². The van der Waals surface area contributed by atoms with Gasteiger partial charge in [-0.1, -0.05) is 19.1 Å². The lowest BCUT2D eigenvalue weighted by Crippen LogP contribution is -2.13. The molecule has 0 unspecified atom stereocenters. The van der Waals surface area contributed by atoms with Crippen LogP contribution in [-0.4, -0.2) is 11.5 Å². The van der Waals surface area contributed by atoms with Crippen molar-refractivity contribution in [2.45, 2.75) is 19.9 Å². The minimum atomic E-state index is -0.229. The van der Waals surface area contributed by atoms with Crippen LogP contribution in [0.5, 0.6) is 0 Å². The summed E-state index contributed by atoms with van der Waals surface area (Å²) in [6.45, 7) is 3.85. The van der Waals surface area contributed by atoms with Crippen LogP contribution in [0.3, 0.4) is 0 Å². The third-order valence-electron chi connectivity index (χ3n) is 2.73. The summed E-state index contributed by atoms with van der Waals surface area (Å²) in [7, 11) is 0. The third-order valence-corrected chi connectivity index (χ3v) is 2.73. The molecule has 0 fully saturated rings. The summed E-state index contributed by atoms with van der Waals surface area (Å²) in [5.41, 5.74) is 2.31. The van der Waals surface area contributed by atoms with Crippen molar-refractivity contribution in [3.05, 3.63) is 54.0 Å². The molecule has 2 aromatic rings. The molecule has 0 saturated heterocycles. The Kier molecular flexibility index (Phi) is 4.42. The van der Waals surface area contributed by atoms with Gasteiger partial charge in [-0.2, -0.15) is 0 Å². The average Bonchev–Trinajstić information content (AvgIpc) is 2.42. The van der Waals surface area contributed by atoms with Crippen molar-refractivity contribution in [3.63, 3.8) is 0 Å². The highest BCUT2D eigenvalue weighted by Crippen LogP contribution is 2.21. The third kappa shape index (κ3) is 3.14. The summed E-state index contributed by atoms with van der Waals surface area (Å²) in [4.78, 5) is 4.19. The van der Waals surface area contributed by atoms with Gasteiger partial charge in [-0.3, -0.25) is 4.98 Å². The van der Waals surface area contributed by atoms with Crippen LogP contribution in [0.15, 0.2) is 42.6 Å². The fourth-order valence-corrected chi connectivity index (χ4v) is 1.81. The molecule has 2 nitrogen and oxygen atoms in total. The molecule has 1 heterocycles. The number of aromatic nitrogens is 1. The van der Waals surface area contributed by atoms with E-state index in [0.29, 0.717) is 11.3 Å². The van der Waals surface area contributed by atoms with Gasteiger partial charge in [-0.25, -0.2) is 4.39 Å². The first-order valence-electron chi connectivity index (χ1n) is 6.22. The molecule has 0 aliphatic carbocycles. The molecule has 1 aromatic heterocycles. The van der Waals surface area contributed by atoms with E-state index < -0.39 is 0 Å². The number of hydrogen-bond acceptors (Lipinski definition) is 2. The molecule has 0 atom stereocenters. The minimum absolute atomic E-state index is 0.229. The van der Waals surface area contributed by atoms with Crippen LogP contribution in [0.1, 0.15) is 18.9 Å². The maximum atomic E-state index is 13.8. The standard InChI is InChI=1S/C15H17FN2/c1-2-8-17-11-12-6-7-14(16)13(10-12)15-5-3-4-9-18-15/h3-7,9-10,17H,2,8,11H2,1H3. The predicted octanol–water partition coefficient (Wildman–Crippen LogP) is 3.39. The highest BCUT2D eigenvalue weighted by atomic mass is 19.1. The topological polar surface area (TPSA) is 24.9 Å². The first-order chi connectivity index (χ1) is 8.81. The molecule has 0 aliphatic heterocycles. The zero-order valence-electron chi connectivity index (χ0n) is 10.5. The van der Waals surface area contributed by atoms with E-state index in [2.05, 4.69) is 17.2 Å². The largest absolute Gasteiger partial charge is 0.313 e. The Morgan fingerprint density at radius 2 is 2.11 bits per heavy atom. The molecule has 3 heteroatoms. The van der Waals surface area contributed by atoms with Crippen molar-refractivity contribution in [1.29, 1.82) is 0 Å². The Morgan fingerprint density at radius 3 is 2.83 bits per heavy atom. The van der Waals surface area contributed by atoms with Crippen LogP contribution in [0, 0.1) is 5.82 Å². The van der Waals surface area contributed by atoms with Crippen LogP contribution in [0.2, 0.25) is 0 Å². The lowest BCUT2D eigenvalue weighted by Gasteiger charge is -2.07. The number of nitrogens with one attached hydrogen (secondary N) is 1. The number of hydrogen-bond donors (Lipinski definition) is 1. The molecule has 18 heavy (non-hydrogen) atoms. The van der Waals surface area contributed by atoms with Crippen molar-refractivity contribution in [2.75, 3.05) is 6.54 Å². The second kappa shape index (κ2) is 6.26. The predicted molar refractivity (Wildman–Crippen MR) is 71.6 cm³/mol. The smallest absolute Gasteiger partial charge is 0.132 e. The van der Waals surface area contributed by atoms with E-state index in [0.717, 1.165) is 25.1 Å². The van der Waals surface area contributed by atoms with E-state index in [1.807, 2.05) is 30.3 Å². The van der Waals surface area contributed by atoms with Gasteiger partial charge in [-0.05, 0) is 42.8 Å². The fraction of sp³-hybridized carbons (Fsp3) is 0.267. The number of benzene rings is 1. The molecule has 0 aliphatic rings. The Balaban J connectivity index is 2.22. The van der Waals surface area contributed by atoms with Crippen LogP contribution >= 0.6 is 0 Å². The van der Waals surface area contributed by atoms with E-state index in [1.165, 1.54) is 6.07 Å². The fourth-order valence-electron chi connectivity index (χ4n) is 1.81. The van der Waals surface area contributed by atoms with Crippen molar-refractivity contribution in [1.82, 2.24) is 10.3 Å². The molecule has 0 amide bonds. The summed E-state index contributed by atoms with van der Waals surface area (Å²) >= 11 is 0. The second-order valence-electron chi connectivity index (χ2n) is 4.21. The minimum Gasteiger partial charge on any atom is -0.313 e. The molecule has 0 radical (unpaired) electrons. The van der Waals surface area contributed by atoms with E-state index in [4.69, 9.17) is 0 Å². The zero-order chi connectivity index (χ0) is 12.8. The van der Waals surface area contributed by atoms with E-state index in [9.17, 15) is 4.39 Å². The molecule has 1 N–H and O–H groups in total. The highest BCUT2D eigenvalue weighted by molar-refractivity contribution is 5.60. The van der Waals surface area contributed by atoms with Crippen molar-refractivity contribution in [2.24, 2.45) is 0 Å². The van der Waals surface area contributed by atoms with Crippen LogP contribution in [0.4, 0.5) is 4.39 Å². The molecular weight excluding hydrogens is 227 g/mol. The van der Waals surface area contributed by atoms with Gasteiger partial charge in [0.05, 0.1) is 5.69 Å². The molecule has 94 valence electrons. The van der Waals surface area contributed by atoms with Crippen LogP contribution in [0.25, 0.3) is 11.3 Å². The summed E-state index contributed by atoms with van der Waals surface area (Å²) in [5.74, 6) is -0.229. The summed E-state index contributed by atoms with van der Waals surface area (Å²) in [6, 6.07) is 10.7. The van der Waals surface area contributed by atoms with Crippen molar-refractivity contribution >= 4 is 0 Å². The number of halogens is 1. The van der Waals surface area contributed by atoms with E-state index in [1.54, 1.807) is 6.20 Å². The summed E-state index contributed by atoms with van der Waals surface area (Å²) < 4.78 is 13.8. The Morgan fingerprint density at radius 1 is 1.22 bits per heavy atom. The van der Waals surface area contributed by atoms with Crippen LogP contribution < -0.4 is 5.32 Å². The summed E-state index contributed by atoms with van der Waals surface area (Å²) in [5, 5.41) is 3.31. The number of nitrogens with zero attached hydrogens (tertiary/aromatic N) is 1. The van der Waals surface area contributed by atoms with E-state index in [-0.39, 0.29) is 5.82 Å². The molecule has 1 aromatic carbocycles. The lowest BCUT2D eigenvalue weighted by molar-refractivity contribution is 0.627. The van der Waals surface area contributed by atoms with Crippen molar-refractivity contribution < 1.29 is 4.39 Å². The zero-order valence-corrected chi connectivity index (χ0v) is 10.5. The van der Waals surface area contributed by atoms with Crippen LogP contribution in [-0.2, 0) is 6.54 Å². The van der Waals surface area contributed by atoms with Gasteiger partial charge < -0.3 is 5.32 Å². The molecular formula is C15H17FN2. The molecule has 2 rings (SSSR count). The SMILES string of the molecule is CCCNCc1ccc(F)c(-c2ccccn2)c1. The quantitative estimate of drug-likeness (QED) is 0.815. The van der Waals surface area contributed by atoms with Gasteiger partial charge in [0.1, 0.15) is 5.82 Å². The lowest BCUT2D eigenvalue weighted by atomic mass is 10.1. The normalized spacial score (nSPS) is 10.6. The van der Waals surface area contributed by atoms with Gasteiger partial charge >= 0.3 is 0 Å². The Labute approximate surface area is 107 Å². The van der Waals surface area contributed by atoms with Gasteiger partial charge in [0.15, 0.2) is 0 Å². The molecule has 0 bridgehead atoms. The Hall–Kier alpha value is -1.74. The molecule has 0 saturated carbocycles. The summed E-state index contributed by atoms with van der Waals surface area (Å²) in [6.07, 6.45) is 2.77. The number of rotatable bonds is 5. The maximum absolute atomic E-state index is 13.8. The number of pyridine rings is 1. The van der Waals surface area contributed by atoms with Gasteiger partial charge in [0, 0.05) is 18.3 Å². The monoisotopic (exact) mass is 244 g/mol. The first-order valence-corrected chi connectivity index (χ1v) is 6.22. The van der Waals surface area contributed by atoms with Crippen molar-refractivity contribution in [3.8, 4) is 11.3 Å². The van der Waals surface area contributed by atoms with Gasteiger partial charge in [0.25, 0.3) is 0 Å². The maximum Gasteiger partial charge on any atom is 0.132 e. The first kappa shape index (κ1) is 12.7. The highest BCUT2D eigenvalue weighted by Gasteiger charge is 2.06. The van der Waals surface area contributed by atoms with E-state index >= 15 is 0 Å². The average molecular weight is 244 g/mol. The second-order valence-corrected chi connectivity index (χ2v) is 4.21. The van der Waals surface area contributed by atoms with Gasteiger partial charge in [-0.15, -0.1) is 0 Å². The Bertz CT molecular complexity index is 497.